The van der Waals surface area contributed by atoms with E-state index in [-0.39, 0.29) is 0 Å². The topological polar surface area (TPSA) is 52.8 Å². The van der Waals surface area contributed by atoms with Gasteiger partial charge in [0.15, 0.2) is 5.69 Å². The van der Waals surface area contributed by atoms with Gasteiger partial charge in [-0.3, -0.25) is 0 Å². The Balaban J connectivity index is 2.18. The van der Waals surface area contributed by atoms with Crippen LogP contribution >= 0.6 is 11.8 Å². The highest BCUT2D eigenvalue weighted by Crippen LogP contribution is 2.20. The first-order valence-electron chi connectivity index (χ1n) is 5.38. The van der Waals surface area contributed by atoms with Crippen LogP contribution in [0.25, 0.3) is 0 Å². The molecule has 4 nitrogen and oxygen atoms in total. The zero-order valence-corrected chi connectivity index (χ0v) is 10.1. The first-order valence-corrected chi connectivity index (χ1v) is 6.53. The van der Waals surface area contributed by atoms with Crippen LogP contribution in [-0.4, -0.2) is 34.1 Å². The summed E-state index contributed by atoms with van der Waals surface area (Å²) in [5.74, 6) is 3.22. The van der Waals surface area contributed by atoms with Crippen molar-refractivity contribution in [3.63, 3.8) is 0 Å². The Bertz CT molecular complexity index is 384. The van der Waals surface area contributed by atoms with E-state index in [1.807, 2.05) is 17.8 Å². The molecule has 2 rings (SSSR count). The van der Waals surface area contributed by atoms with Crippen LogP contribution in [0.1, 0.15) is 19.0 Å². The number of nitrogens with zero attached hydrogens (tertiary/aromatic N) is 4. The minimum atomic E-state index is 0.376. The lowest BCUT2D eigenvalue weighted by molar-refractivity contribution is 0.637. The van der Waals surface area contributed by atoms with Crippen LogP contribution in [0.4, 0.5) is 5.82 Å². The summed E-state index contributed by atoms with van der Waals surface area (Å²) in [5.41, 5.74) is 0.376. The lowest BCUT2D eigenvalue weighted by Crippen LogP contribution is -2.34. The average Bonchev–Trinajstić information content (AvgIpc) is 2.54. The van der Waals surface area contributed by atoms with Crippen molar-refractivity contribution in [2.24, 2.45) is 0 Å². The van der Waals surface area contributed by atoms with Gasteiger partial charge < -0.3 is 4.90 Å². The third kappa shape index (κ3) is 2.45. The van der Waals surface area contributed by atoms with Gasteiger partial charge in [0, 0.05) is 18.3 Å². The van der Waals surface area contributed by atoms with Gasteiger partial charge in [0.1, 0.15) is 11.9 Å². The van der Waals surface area contributed by atoms with Gasteiger partial charge >= 0.3 is 0 Å². The standard InChI is InChI=1S/C11H14N4S/c1-9-2-4-16-5-3-15(9)11-8-13-10(6-12)7-14-11/h7-9H,2-5H2,1H3. The van der Waals surface area contributed by atoms with Gasteiger partial charge in [-0.25, -0.2) is 9.97 Å². The molecule has 1 saturated heterocycles. The number of aromatic nitrogens is 2. The van der Waals surface area contributed by atoms with Gasteiger partial charge in [-0.2, -0.15) is 17.0 Å². The Kier molecular flexibility index (Phi) is 3.62. The maximum Gasteiger partial charge on any atom is 0.158 e. The Labute approximate surface area is 99.7 Å². The highest BCUT2D eigenvalue weighted by Gasteiger charge is 2.18. The summed E-state index contributed by atoms with van der Waals surface area (Å²) >= 11 is 1.98. The molecule has 0 spiro atoms. The van der Waals surface area contributed by atoms with E-state index >= 15 is 0 Å². The minimum Gasteiger partial charge on any atom is -0.352 e. The smallest absolute Gasteiger partial charge is 0.158 e. The molecule has 5 heteroatoms. The SMILES string of the molecule is CC1CCSCCN1c1cnc(C#N)cn1. The van der Waals surface area contributed by atoms with Crippen LogP contribution in [-0.2, 0) is 0 Å². The zero-order valence-electron chi connectivity index (χ0n) is 9.26. The molecule has 1 aromatic rings. The van der Waals surface area contributed by atoms with Gasteiger partial charge in [-0.15, -0.1) is 0 Å². The Hall–Kier alpha value is -1.28. The number of anilines is 1. The second kappa shape index (κ2) is 5.17. The molecular weight excluding hydrogens is 220 g/mol. The maximum atomic E-state index is 8.67. The van der Waals surface area contributed by atoms with Crippen LogP contribution in [0, 0.1) is 11.3 Å². The first-order chi connectivity index (χ1) is 7.81. The molecule has 1 atom stereocenters. The van der Waals surface area contributed by atoms with Gasteiger partial charge in [0.2, 0.25) is 0 Å². The van der Waals surface area contributed by atoms with Crippen LogP contribution in [0.5, 0.6) is 0 Å². The molecule has 1 aliphatic heterocycles. The molecule has 0 N–H and O–H groups in total. The molecule has 0 amide bonds. The lowest BCUT2D eigenvalue weighted by Gasteiger charge is -2.27. The number of hydrogen-bond acceptors (Lipinski definition) is 5. The minimum absolute atomic E-state index is 0.376. The fourth-order valence-electron chi connectivity index (χ4n) is 1.76. The molecule has 0 aromatic carbocycles. The predicted molar refractivity (Wildman–Crippen MR) is 65.5 cm³/mol. The van der Waals surface area contributed by atoms with Crippen LogP contribution < -0.4 is 4.90 Å². The molecule has 16 heavy (non-hydrogen) atoms. The lowest BCUT2D eigenvalue weighted by atomic mass is 10.2. The van der Waals surface area contributed by atoms with E-state index in [1.165, 1.54) is 12.2 Å². The van der Waals surface area contributed by atoms with E-state index < -0.39 is 0 Å². The molecule has 0 saturated carbocycles. The summed E-state index contributed by atoms with van der Waals surface area (Å²) in [6.45, 7) is 3.22. The number of nitriles is 1. The normalized spacial score (nSPS) is 21.2. The molecule has 0 aliphatic carbocycles. The van der Waals surface area contributed by atoms with Crippen molar-refractivity contribution in [2.75, 3.05) is 23.0 Å². The largest absolute Gasteiger partial charge is 0.352 e. The highest BCUT2D eigenvalue weighted by molar-refractivity contribution is 7.99. The highest BCUT2D eigenvalue weighted by atomic mass is 32.2. The zero-order chi connectivity index (χ0) is 11.4. The van der Waals surface area contributed by atoms with Crippen molar-refractivity contribution in [3.05, 3.63) is 18.1 Å². The molecule has 0 bridgehead atoms. The second-order valence-corrected chi connectivity index (χ2v) is 5.04. The Morgan fingerprint density at radius 2 is 2.31 bits per heavy atom. The Morgan fingerprint density at radius 3 is 3.00 bits per heavy atom. The monoisotopic (exact) mass is 234 g/mol. The van der Waals surface area contributed by atoms with Crippen LogP contribution in [0.2, 0.25) is 0 Å². The maximum absolute atomic E-state index is 8.67. The average molecular weight is 234 g/mol. The van der Waals surface area contributed by atoms with Crippen molar-refractivity contribution in [3.8, 4) is 6.07 Å². The molecule has 2 heterocycles. The molecule has 0 radical (unpaired) electrons. The third-order valence-electron chi connectivity index (χ3n) is 2.74. The fourth-order valence-corrected chi connectivity index (χ4v) is 2.80. The summed E-state index contributed by atoms with van der Waals surface area (Å²) in [6, 6.07) is 2.48. The van der Waals surface area contributed by atoms with Crippen molar-refractivity contribution >= 4 is 17.6 Å². The van der Waals surface area contributed by atoms with Crippen LogP contribution in [0.15, 0.2) is 12.4 Å². The molecule has 1 aliphatic rings. The quantitative estimate of drug-likeness (QED) is 0.740. The summed E-state index contributed by atoms with van der Waals surface area (Å²) in [7, 11) is 0. The molecule has 1 fully saturated rings. The van der Waals surface area contributed by atoms with Gasteiger partial charge in [-0.1, -0.05) is 0 Å². The number of hydrogen-bond donors (Lipinski definition) is 0. The van der Waals surface area contributed by atoms with E-state index in [4.69, 9.17) is 5.26 Å². The Morgan fingerprint density at radius 1 is 1.44 bits per heavy atom. The predicted octanol–water partition coefficient (Wildman–Crippen LogP) is 1.68. The van der Waals surface area contributed by atoms with E-state index in [0.29, 0.717) is 11.7 Å². The number of rotatable bonds is 1. The summed E-state index contributed by atoms with van der Waals surface area (Å²) in [6.07, 6.45) is 4.41. The van der Waals surface area contributed by atoms with Crippen molar-refractivity contribution in [1.29, 1.82) is 5.26 Å². The van der Waals surface area contributed by atoms with Gasteiger partial charge in [-0.05, 0) is 19.1 Å². The summed E-state index contributed by atoms with van der Waals surface area (Å²) < 4.78 is 0. The second-order valence-electron chi connectivity index (χ2n) is 3.82. The van der Waals surface area contributed by atoms with Crippen LogP contribution in [0.3, 0.4) is 0 Å². The van der Waals surface area contributed by atoms with E-state index in [1.54, 1.807) is 12.4 Å². The van der Waals surface area contributed by atoms with Gasteiger partial charge in [0.25, 0.3) is 0 Å². The van der Waals surface area contributed by atoms with E-state index in [2.05, 4.69) is 21.8 Å². The van der Waals surface area contributed by atoms with Gasteiger partial charge in [0.05, 0.1) is 12.4 Å². The van der Waals surface area contributed by atoms with Crippen molar-refractivity contribution in [1.82, 2.24) is 9.97 Å². The molecule has 84 valence electrons. The van der Waals surface area contributed by atoms with E-state index in [0.717, 1.165) is 18.1 Å². The molecule has 1 unspecified atom stereocenters. The fraction of sp³-hybridized carbons (Fsp3) is 0.545. The van der Waals surface area contributed by atoms with E-state index in [9.17, 15) is 0 Å². The number of thioether (sulfide) groups is 1. The van der Waals surface area contributed by atoms with Crippen molar-refractivity contribution in [2.45, 2.75) is 19.4 Å². The first kappa shape index (κ1) is 11.2. The van der Waals surface area contributed by atoms with Crippen molar-refractivity contribution < 1.29 is 0 Å². The molecular formula is C11H14N4S. The molecule has 1 aromatic heterocycles. The third-order valence-corrected chi connectivity index (χ3v) is 3.73. The summed E-state index contributed by atoms with van der Waals surface area (Å²) in [5, 5.41) is 8.67. The summed E-state index contributed by atoms with van der Waals surface area (Å²) in [4.78, 5) is 10.6.